The number of amides is 2. The first-order valence-corrected chi connectivity index (χ1v) is 23.7. The van der Waals surface area contributed by atoms with Crippen LogP contribution in [0.25, 0.3) is 22.5 Å². The van der Waals surface area contributed by atoms with Gasteiger partial charge in [-0.2, -0.15) is 0 Å². The van der Waals surface area contributed by atoms with Gasteiger partial charge in [0.25, 0.3) is 11.8 Å². The number of piperazine rings is 1. The van der Waals surface area contributed by atoms with Crippen molar-refractivity contribution in [3.63, 3.8) is 0 Å². The molecule has 0 bridgehead atoms. The number of likely N-dealkylation sites (tertiary alicyclic amines) is 1. The van der Waals surface area contributed by atoms with Crippen molar-refractivity contribution in [2.45, 2.75) is 58.1 Å². The van der Waals surface area contributed by atoms with E-state index < -0.39 is 11.6 Å². The van der Waals surface area contributed by atoms with E-state index in [1.165, 1.54) is 36.9 Å². The summed E-state index contributed by atoms with van der Waals surface area (Å²) < 4.78 is 36.7. The molecule has 9 rings (SSSR count). The quantitative estimate of drug-likeness (QED) is 0.132. The van der Waals surface area contributed by atoms with Gasteiger partial charge in [0.15, 0.2) is 0 Å². The van der Waals surface area contributed by atoms with Crippen LogP contribution in [-0.4, -0.2) is 121 Å². The Labute approximate surface area is 406 Å². The predicted molar refractivity (Wildman–Crippen MR) is 262 cm³/mol. The third kappa shape index (κ3) is 10.8. The fraction of sp³-hybridized carbons (Fsp3) is 0.333. The van der Waals surface area contributed by atoms with Gasteiger partial charge in [0.2, 0.25) is 0 Å². The Balaban J connectivity index is 0.772. The summed E-state index contributed by atoms with van der Waals surface area (Å²) >= 11 is 0. The molecule has 16 heteroatoms. The Morgan fingerprint density at radius 2 is 1.23 bits per heavy atom. The first-order valence-electron chi connectivity index (χ1n) is 23.7. The fourth-order valence-electron chi connectivity index (χ4n) is 8.97. The van der Waals surface area contributed by atoms with Crippen LogP contribution in [0.2, 0.25) is 0 Å². The number of nitrogens with one attached hydrogen (secondary N) is 1. The standard InChI is InChI=1S/C54H53F2N11O3/c1-4-46-42(12-6-34-8-16-49(57)58-29-34)51(62-32-60-46)37-11-15-41(45(56)27-37)54(69)67-24-22-65(23-25-67)31-38-28-48(38)64-50-17-9-35(30-59-50)7-13-43-47(5-2)61-33-63-52(43)36-10-14-40(44(55)26-36)53(68)66-20-18-39(70-3)19-21-66/h8-11,14-17,26-27,29-30,32-33,38-39,48H,4-5,18-25,28,31H2,1-3H3,(H2,57,58)(H,59,64). The Morgan fingerprint density at radius 3 is 1.71 bits per heavy atom. The van der Waals surface area contributed by atoms with E-state index >= 15 is 8.78 Å². The SMILES string of the molecule is CCc1ncnc(-c2ccc(C(=O)N3CCC(OC)CC3)c(F)c2)c1C#Cc1ccc(NC2CC2CN2CCN(C(=O)c3ccc(-c4ncnc(CC)c4C#Cc4ccc(N)nc4)cc3F)CC2)nc1. The molecule has 1 saturated carbocycles. The summed E-state index contributed by atoms with van der Waals surface area (Å²) in [5, 5.41) is 3.54. The number of methoxy groups -OCH3 is 1. The van der Waals surface area contributed by atoms with E-state index in [0.29, 0.717) is 109 Å². The number of hydrogen-bond donors (Lipinski definition) is 2. The van der Waals surface area contributed by atoms with Crippen LogP contribution in [0.15, 0.2) is 85.7 Å². The minimum Gasteiger partial charge on any atom is -0.384 e. The van der Waals surface area contributed by atoms with Gasteiger partial charge in [-0.3, -0.25) is 14.5 Å². The van der Waals surface area contributed by atoms with Crippen molar-refractivity contribution in [3.05, 3.63) is 142 Å². The van der Waals surface area contributed by atoms with Gasteiger partial charge in [-0.1, -0.05) is 49.7 Å². The zero-order valence-electron chi connectivity index (χ0n) is 39.4. The normalized spacial score (nSPS) is 17.0. The fourth-order valence-corrected chi connectivity index (χ4v) is 8.97. The maximum Gasteiger partial charge on any atom is 0.256 e. The van der Waals surface area contributed by atoms with E-state index in [1.54, 1.807) is 53.6 Å². The van der Waals surface area contributed by atoms with Crippen molar-refractivity contribution in [2.75, 3.05) is 64.0 Å². The third-order valence-electron chi connectivity index (χ3n) is 13.2. The van der Waals surface area contributed by atoms with Crippen LogP contribution in [0.5, 0.6) is 0 Å². The highest BCUT2D eigenvalue weighted by Gasteiger charge is 2.39. The average molecular weight is 942 g/mol. The Kier molecular flexibility index (Phi) is 14.4. The van der Waals surface area contributed by atoms with Gasteiger partial charge in [0, 0.05) is 93.6 Å². The zero-order valence-corrected chi connectivity index (χ0v) is 39.4. The summed E-state index contributed by atoms with van der Waals surface area (Å²) in [6, 6.07) is 16.7. The highest BCUT2D eigenvalue weighted by atomic mass is 19.1. The number of nitrogens with two attached hydrogens (primary N) is 1. The van der Waals surface area contributed by atoms with Crippen molar-refractivity contribution < 1.29 is 23.1 Å². The second-order valence-corrected chi connectivity index (χ2v) is 17.7. The van der Waals surface area contributed by atoms with E-state index in [0.717, 1.165) is 43.0 Å². The summed E-state index contributed by atoms with van der Waals surface area (Å²) in [6.07, 6.45) is 9.95. The molecule has 356 valence electrons. The smallest absolute Gasteiger partial charge is 0.256 e. The minimum absolute atomic E-state index is 0.0192. The van der Waals surface area contributed by atoms with Crippen LogP contribution in [0.1, 0.15) is 87.5 Å². The molecule has 0 spiro atoms. The lowest BCUT2D eigenvalue weighted by Crippen LogP contribution is -2.49. The topological polar surface area (TPSA) is 168 Å². The van der Waals surface area contributed by atoms with Gasteiger partial charge in [-0.05, 0) is 86.6 Å². The first kappa shape index (κ1) is 47.4. The van der Waals surface area contributed by atoms with E-state index in [2.05, 4.69) is 63.8 Å². The highest BCUT2D eigenvalue weighted by Crippen LogP contribution is 2.35. The molecule has 2 aliphatic heterocycles. The number of piperidine rings is 1. The van der Waals surface area contributed by atoms with E-state index in [4.69, 9.17) is 10.5 Å². The Hall–Kier alpha value is -7.66. The molecule has 3 fully saturated rings. The predicted octanol–water partition coefficient (Wildman–Crippen LogP) is 6.68. The molecule has 2 saturated heterocycles. The summed E-state index contributed by atoms with van der Waals surface area (Å²) in [4.78, 5) is 59.1. The largest absolute Gasteiger partial charge is 0.384 e. The van der Waals surface area contributed by atoms with Crippen molar-refractivity contribution >= 4 is 23.5 Å². The maximum absolute atomic E-state index is 15.7. The number of pyridine rings is 2. The van der Waals surface area contributed by atoms with E-state index in [-0.39, 0.29) is 35.1 Å². The number of ether oxygens (including phenoxy) is 1. The van der Waals surface area contributed by atoms with Crippen LogP contribution in [0.4, 0.5) is 20.4 Å². The number of carbonyl (C=O) groups excluding carboxylic acids is 2. The molecule has 4 aromatic heterocycles. The lowest BCUT2D eigenvalue weighted by atomic mass is 10.0. The highest BCUT2D eigenvalue weighted by molar-refractivity contribution is 5.96. The lowest BCUT2D eigenvalue weighted by Gasteiger charge is -2.35. The van der Waals surface area contributed by atoms with Gasteiger partial charge < -0.3 is 25.6 Å². The van der Waals surface area contributed by atoms with Crippen LogP contribution < -0.4 is 11.1 Å². The van der Waals surface area contributed by atoms with E-state index in [9.17, 15) is 9.59 Å². The van der Waals surface area contributed by atoms with Crippen molar-refractivity contribution in [1.29, 1.82) is 0 Å². The first-order chi connectivity index (χ1) is 34.1. The number of anilines is 2. The second kappa shape index (κ2) is 21.3. The van der Waals surface area contributed by atoms with Crippen LogP contribution >= 0.6 is 0 Å². The molecule has 2 aromatic carbocycles. The summed E-state index contributed by atoms with van der Waals surface area (Å²) in [6.45, 7) is 8.23. The van der Waals surface area contributed by atoms with Crippen LogP contribution in [0, 0.1) is 41.2 Å². The molecule has 6 aromatic rings. The second-order valence-electron chi connectivity index (χ2n) is 17.7. The molecule has 2 amide bonds. The number of hydrogen-bond acceptors (Lipinski definition) is 12. The number of halogens is 2. The summed E-state index contributed by atoms with van der Waals surface area (Å²) in [7, 11) is 1.67. The lowest BCUT2D eigenvalue weighted by molar-refractivity contribution is 0.0348. The van der Waals surface area contributed by atoms with Crippen LogP contribution in [-0.2, 0) is 17.6 Å². The molecule has 2 atom stereocenters. The third-order valence-corrected chi connectivity index (χ3v) is 13.2. The number of rotatable bonds is 11. The minimum atomic E-state index is -0.616. The average Bonchev–Trinajstić information content (AvgIpc) is 4.13. The molecule has 1 aliphatic carbocycles. The number of aryl methyl sites for hydroxylation is 2. The van der Waals surface area contributed by atoms with Crippen molar-refractivity contribution in [2.24, 2.45) is 5.92 Å². The number of nitrogen functional groups attached to an aromatic ring is 1. The van der Waals surface area contributed by atoms with Gasteiger partial charge in [0.05, 0.1) is 51.1 Å². The monoisotopic (exact) mass is 941 g/mol. The number of benzene rings is 2. The van der Waals surface area contributed by atoms with Gasteiger partial charge in [0.1, 0.15) is 35.9 Å². The van der Waals surface area contributed by atoms with Crippen molar-refractivity contribution in [1.82, 2.24) is 44.6 Å². The molecule has 0 radical (unpaired) electrons. The molecular weight excluding hydrogens is 889 g/mol. The number of carbonyl (C=O) groups is 2. The molecule has 14 nitrogen and oxygen atoms in total. The Morgan fingerprint density at radius 1 is 0.686 bits per heavy atom. The number of aromatic nitrogens is 6. The van der Waals surface area contributed by atoms with Crippen LogP contribution in [0.3, 0.4) is 0 Å². The molecule has 3 N–H and O–H groups in total. The number of nitrogens with zero attached hydrogens (tertiary/aromatic N) is 9. The summed E-state index contributed by atoms with van der Waals surface area (Å²) in [5.41, 5.74) is 11.8. The molecule has 6 heterocycles. The molecular formula is C54H53F2N11O3. The zero-order chi connectivity index (χ0) is 48.7. The summed E-state index contributed by atoms with van der Waals surface area (Å²) in [5.74, 6) is 12.3. The maximum atomic E-state index is 15.7. The van der Waals surface area contributed by atoms with Gasteiger partial charge in [-0.15, -0.1) is 0 Å². The molecule has 2 unspecified atom stereocenters. The van der Waals surface area contributed by atoms with Gasteiger partial charge >= 0.3 is 0 Å². The van der Waals surface area contributed by atoms with E-state index in [1.807, 2.05) is 26.0 Å². The van der Waals surface area contributed by atoms with Crippen molar-refractivity contribution in [3.8, 4) is 46.2 Å². The molecule has 3 aliphatic rings. The molecule has 70 heavy (non-hydrogen) atoms. The van der Waals surface area contributed by atoms with Gasteiger partial charge in [-0.25, -0.2) is 38.7 Å². The Bertz CT molecular complexity index is 3020.